The van der Waals surface area contributed by atoms with Gasteiger partial charge in [-0.1, -0.05) is 54.6 Å². The lowest BCUT2D eigenvalue weighted by Crippen LogP contribution is -2.01. The molecule has 0 atom stereocenters. The number of aryl methyl sites for hydroxylation is 2. The molecule has 0 N–H and O–H groups in total. The highest BCUT2D eigenvalue weighted by Gasteiger charge is 2.17. The largest absolute Gasteiger partial charge is 0.111 e. The summed E-state index contributed by atoms with van der Waals surface area (Å²) in [6, 6.07) is 17.8. The molecule has 1 aliphatic carbocycles. The third-order valence-electron chi connectivity index (χ3n) is 4.15. The minimum Gasteiger partial charge on any atom is -0.0714 e. The monoisotopic (exact) mass is 295 g/mol. The number of fused-ring (bicyclic) bond motifs is 2. The Labute approximate surface area is 131 Å². The van der Waals surface area contributed by atoms with Crippen LogP contribution < -0.4 is 0 Å². The summed E-state index contributed by atoms with van der Waals surface area (Å²) < 4.78 is 0. The Morgan fingerprint density at radius 1 is 0.857 bits per heavy atom. The molecule has 0 aliphatic heterocycles. The maximum atomic E-state index is 2.47. The molecule has 0 unspecified atom stereocenters. The van der Waals surface area contributed by atoms with E-state index in [2.05, 4.69) is 67.1 Å². The second-order valence-corrected chi connectivity index (χ2v) is 8.29. The third kappa shape index (κ3) is 3.24. The number of benzene rings is 2. The Hall–Kier alpha value is -1.47. The van der Waals surface area contributed by atoms with Crippen molar-refractivity contribution in [3.63, 3.8) is 0 Å². The van der Waals surface area contributed by atoms with Crippen LogP contribution in [0.25, 0.3) is 5.57 Å². The van der Waals surface area contributed by atoms with Crippen LogP contribution in [0.3, 0.4) is 0 Å². The van der Waals surface area contributed by atoms with Crippen LogP contribution in [0.4, 0.5) is 0 Å². The number of allylic oxidation sites excluding steroid dienone is 1. The summed E-state index contributed by atoms with van der Waals surface area (Å²) in [5, 5.41) is 0. The van der Waals surface area contributed by atoms with Gasteiger partial charge in [0, 0.05) is 6.42 Å². The first-order chi connectivity index (χ1) is 10.3. The predicted molar refractivity (Wildman–Crippen MR) is 96.1 cm³/mol. The van der Waals surface area contributed by atoms with Crippen molar-refractivity contribution in [2.45, 2.75) is 19.3 Å². The fourth-order valence-electron chi connectivity index (χ4n) is 3.08. The summed E-state index contributed by atoms with van der Waals surface area (Å²) in [4.78, 5) is 0. The van der Waals surface area contributed by atoms with Gasteiger partial charge in [-0.25, -0.2) is 0 Å². The number of hydrogen-bond acceptors (Lipinski definition) is 0. The topological polar surface area (TPSA) is 0 Å². The predicted octanol–water partition coefficient (Wildman–Crippen LogP) is 4.48. The molecule has 0 nitrogen and oxygen atoms in total. The lowest BCUT2D eigenvalue weighted by molar-refractivity contribution is 0.965. The zero-order valence-corrected chi connectivity index (χ0v) is 13.7. The van der Waals surface area contributed by atoms with E-state index in [0.29, 0.717) is 10.9 Å². The quantitative estimate of drug-likeness (QED) is 0.732. The van der Waals surface area contributed by atoms with E-state index in [9.17, 15) is 0 Å². The van der Waals surface area contributed by atoms with E-state index in [1.54, 1.807) is 0 Å². The van der Waals surface area contributed by atoms with Crippen molar-refractivity contribution in [3.05, 3.63) is 76.9 Å². The van der Waals surface area contributed by atoms with Crippen molar-refractivity contribution >= 4 is 16.5 Å². The Morgan fingerprint density at radius 3 is 1.90 bits per heavy atom. The molecule has 1 aliphatic rings. The molecule has 0 heterocycles. The van der Waals surface area contributed by atoms with Gasteiger partial charge in [0.05, 0.1) is 12.5 Å². The maximum Gasteiger partial charge on any atom is 0.111 e. The SMILES string of the molecule is C[S+](C)CCC=C1c2ccccc2CCc2ccccc21. The Bertz CT molecular complexity index is 603. The minimum atomic E-state index is 0.516. The highest BCUT2D eigenvalue weighted by atomic mass is 32.2. The molecule has 0 fully saturated rings. The molecule has 0 aromatic heterocycles. The first-order valence-electron chi connectivity index (χ1n) is 7.66. The molecule has 2 aromatic rings. The van der Waals surface area contributed by atoms with Crippen LogP contribution in [0.1, 0.15) is 28.7 Å². The second-order valence-electron chi connectivity index (χ2n) is 5.91. The molecule has 108 valence electrons. The fraction of sp³-hybridized carbons (Fsp3) is 0.300. The summed E-state index contributed by atoms with van der Waals surface area (Å²) >= 11 is 0. The van der Waals surface area contributed by atoms with Crippen molar-refractivity contribution in [3.8, 4) is 0 Å². The summed E-state index contributed by atoms with van der Waals surface area (Å²) in [5.74, 6) is 1.29. The number of rotatable bonds is 3. The molecule has 0 amide bonds. The normalized spacial score (nSPS) is 13.6. The first-order valence-corrected chi connectivity index (χ1v) is 9.87. The zero-order chi connectivity index (χ0) is 14.7. The Kier molecular flexibility index (Phi) is 4.50. The molecule has 2 aromatic carbocycles. The van der Waals surface area contributed by atoms with Crippen LogP contribution in [0.2, 0.25) is 0 Å². The molecular formula is C20H23S+. The zero-order valence-electron chi connectivity index (χ0n) is 12.9. The van der Waals surface area contributed by atoms with Crippen LogP contribution in [0, 0.1) is 0 Å². The van der Waals surface area contributed by atoms with Gasteiger partial charge in [0.15, 0.2) is 0 Å². The molecule has 0 radical (unpaired) electrons. The van der Waals surface area contributed by atoms with E-state index in [1.807, 2.05) is 0 Å². The molecule has 1 heteroatoms. The number of hydrogen-bond donors (Lipinski definition) is 0. The molecule has 0 saturated carbocycles. The van der Waals surface area contributed by atoms with Crippen molar-refractivity contribution < 1.29 is 0 Å². The van der Waals surface area contributed by atoms with Gasteiger partial charge in [-0.2, -0.15) is 0 Å². The van der Waals surface area contributed by atoms with Crippen LogP contribution in [-0.4, -0.2) is 18.3 Å². The summed E-state index contributed by atoms with van der Waals surface area (Å²) in [6.45, 7) is 0. The minimum absolute atomic E-state index is 0.516. The van der Waals surface area contributed by atoms with Crippen molar-refractivity contribution in [2.75, 3.05) is 18.3 Å². The molecule has 0 spiro atoms. The standard InChI is InChI=1S/C20H23S/c1-21(2)15-7-12-20-18-10-5-3-8-16(18)13-14-17-9-4-6-11-19(17)20/h3-6,8-12H,7,13-15H2,1-2H3/q+1. The van der Waals surface area contributed by atoms with Gasteiger partial charge in [-0.05, 0) is 51.6 Å². The smallest absolute Gasteiger partial charge is 0.0714 e. The van der Waals surface area contributed by atoms with Gasteiger partial charge in [-0.3, -0.25) is 0 Å². The second kappa shape index (κ2) is 6.53. The fourth-order valence-corrected chi connectivity index (χ4v) is 3.66. The van der Waals surface area contributed by atoms with E-state index in [0.717, 1.165) is 12.8 Å². The van der Waals surface area contributed by atoms with Crippen LogP contribution in [0.15, 0.2) is 54.6 Å². The van der Waals surface area contributed by atoms with Gasteiger partial charge in [0.1, 0.15) is 5.75 Å². The molecule has 3 rings (SSSR count). The Morgan fingerprint density at radius 2 is 1.38 bits per heavy atom. The van der Waals surface area contributed by atoms with Gasteiger partial charge < -0.3 is 0 Å². The molecule has 0 saturated heterocycles. The van der Waals surface area contributed by atoms with E-state index < -0.39 is 0 Å². The van der Waals surface area contributed by atoms with Crippen molar-refractivity contribution in [2.24, 2.45) is 0 Å². The van der Waals surface area contributed by atoms with Crippen molar-refractivity contribution in [1.29, 1.82) is 0 Å². The lowest BCUT2D eigenvalue weighted by atomic mass is 9.93. The molecule has 0 bridgehead atoms. The van der Waals surface area contributed by atoms with Gasteiger partial charge in [0.2, 0.25) is 0 Å². The lowest BCUT2D eigenvalue weighted by Gasteiger charge is -2.11. The van der Waals surface area contributed by atoms with E-state index >= 15 is 0 Å². The summed E-state index contributed by atoms with van der Waals surface area (Å²) in [7, 11) is 0.516. The van der Waals surface area contributed by atoms with Gasteiger partial charge >= 0.3 is 0 Å². The molecular weight excluding hydrogens is 272 g/mol. The summed E-state index contributed by atoms with van der Waals surface area (Å²) in [5.41, 5.74) is 7.31. The average molecular weight is 295 g/mol. The van der Waals surface area contributed by atoms with E-state index in [4.69, 9.17) is 0 Å². The van der Waals surface area contributed by atoms with Crippen LogP contribution in [0.5, 0.6) is 0 Å². The Balaban J connectivity index is 2.07. The maximum absolute atomic E-state index is 2.47. The first kappa shape index (κ1) is 14.5. The summed E-state index contributed by atoms with van der Waals surface area (Å²) in [6.07, 6.45) is 10.6. The van der Waals surface area contributed by atoms with Crippen molar-refractivity contribution in [1.82, 2.24) is 0 Å². The third-order valence-corrected chi connectivity index (χ3v) is 5.21. The highest BCUT2D eigenvalue weighted by Crippen LogP contribution is 2.33. The van der Waals surface area contributed by atoms with Gasteiger partial charge in [-0.15, -0.1) is 0 Å². The van der Waals surface area contributed by atoms with Crippen LogP contribution in [-0.2, 0) is 23.7 Å². The van der Waals surface area contributed by atoms with Gasteiger partial charge in [0.25, 0.3) is 0 Å². The van der Waals surface area contributed by atoms with Crippen LogP contribution >= 0.6 is 0 Å². The van der Waals surface area contributed by atoms with E-state index in [-0.39, 0.29) is 0 Å². The molecule has 21 heavy (non-hydrogen) atoms. The average Bonchev–Trinajstić information content (AvgIpc) is 2.65. The highest BCUT2D eigenvalue weighted by molar-refractivity contribution is 7.95. The van der Waals surface area contributed by atoms with E-state index in [1.165, 1.54) is 40.0 Å².